The number of aromatic nitrogens is 2. The van der Waals surface area contributed by atoms with Crippen molar-refractivity contribution in [1.29, 1.82) is 0 Å². The van der Waals surface area contributed by atoms with Gasteiger partial charge in [0.2, 0.25) is 5.91 Å². The average Bonchev–Trinajstić information content (AvgIpc) is 3.22. The number of anilines is 1. The molecule has 0 aliphatic heterocycles. The van der Waals surface area contributed by atoms with Gasteiger partial charge in [0.15, 0.2) is 10.9 Å². The van der Waals surface area contributed by atoms with E-state index in [2.05, 4.69) is 15.5 Å². The minimum absolute atomic E-state index is 0.0884. The summed E-state index contributed by atoms with van der Waals surface area (Å²) in [6.07, 6.45) is 1.50. The van der Waals surface area contributed by atoms with Crippen molar-refractivity contribution >= 4 is 32.6 Å². The molecular formula is C22H19N3O3S. The monoisotopic (exact) mass is 405 g/mol. The molecule has 0 unspecified atom stereocenters. The molecule has 1 saturated carbocycles. The highest BCUT2D eigenvalue weighted by molar-refractivity contribution is 7.22. The van der Waals surface area contributed by atoms with Gasteiger partial charge in [-0.25, -0.2) is 4.98 Å². The molecule has 2 aromatic carbocycles. The molecule has 0 radical (unpaired) electrons. The number of thiazole rings is 1. The number of hydrogen-bond acceptors (Lipinski definition) is 6. The Morgan fingerprint density at radius 3 is 2.79 bits per heavy atom. The van der Waals surface area contributed by atoms with Crippen LogP contribution in [0.3, 0.4) is 0 Å². The summed E-state index contributed by atoms with van der Waals surface area (Å²) in [7, 11) is 0. The first-order chi connectivity index (χ1) is 14.2. The second-order valence-corrected chi connectivity index (χ2v) is 8.09. The Labute approximate surface area is 171 Å². The molecule has 4 aromatic rings. The van der Waals surface area contributed by atoms with Crippen molar-refractivity contribution in [2.24, 2.45) is 0 Å². The van der Waals surface area contributed by atoms with Gasteiger partial charge in [-0.05, 0) is 38.0 Å². The normalized spacial score (nSPS) is 14.7. The van der Waals surface area contributed by atoms with Crippen LogP contribution in [-0.2, 0) is 10.2 Å². The third-order valence-electron chi connectivity index (χ3n) is 5.13. The third kappa shape index (κ3) is 3.27. The van der Waals surface area contributed by atoms with Crippen LogP contribution in [0.4, 0.5) is 5.13 Å². The van der Waals surface area contributed by atoms with Gasteiger partial charge in [0.25, 0.3) is 0 Å². The van der Waals surface area contributed by atoms with Gasteiger partial charge < -0.3 is 14.6 Å². The van der Waals surface area contributed by atoms with Crippen LogP contribution >= 0.6 is 11.3 Å². The third-order valence-corrected chi connectivity index (χ3v) is 6.07. The first-order valence-corrected chi connectivity index (χ1v) is 10.4. The van der Waals surface area contributed by atoms with Gasteiger partial charge in [0, 0.05) is 11.6 Å². The molecule has 1 amide bonds. The van der Waals surface area contributed by atoms with Crippen molar-refractivity contribution in [2.75, 3.05) is 11.9 Å². The maximum Gasteiger partial charge on any atom is 0.238 e. The summed E-state index contributed by atoms with van der Waals surface area (Å²) < 4.78 is 12.0. The van der Waals surface area contributed by atoms with Crippen molar-refractivity contribution in [3.8, 4) is 17.1 Å². The SMILES string of the molecule is CCOc1ccc2nc(NC(=O)C3(c4cc(-c5ccccc5)on4)CC3)sc2c1. The fourth-order valence-electron chi connectivity index (χ4n) is 3.40. The number of amides is 1. The van der Waals surface area contributed by atoms with E-state index in [9.17, 15) is 4.79 Å². The standard InChI is InChI=1S/C22H19N3O3S/c1-2-27-15-8-9-16-18(12-15)29-21(23-16)24-20(26)22(10-11-22)19-13-17(28-25-19)14-6-4-3-5-7-14/h3-9,12-13H,2,10-11H2,1H3,(H,23,24,26). The molecule has 2 heterocycles. The number of carbonyl (C=O) groups excluding carboxylic acids is 1. The van der Waals surface area contributed by atoms with Crippen LogP contribution in [0.1, 0.15) is 25.5 Å². The molecular weight excluding hydrogens is 386 g/mol. The van der Waals surface area contributed by atoms with E-state index >= 15 is 0 Å². The maximum atomic E-state index is 13.0. The van der Waals surface area contributed by atoms with E-state index in [0.29, 0.717) is 23.2 Å². The van der Waals surface area contributed by atoms with Crippen LogP contribution in [-0.4, -0.2) is 22.7 Å². The number of nitrogens with one attached hydrogen (secondary N) is 1. The fourth-order valence-corrected chi connectivity index (χ4v) is 4.28. The summed E-state index contributed by atoms with van der Waals surface area (Å²) in [5.74, 6) is 1.38. The van der Waals surface area contributed by atoms with Crippen molar-refractivity contribution in [3.63, 3.8) is 0 Å². The molecule has 1 fully saturated rings. The molecule has 0 saturated heterocycles. The largest absolute Gasteiger partial charge is 0.494 e. The van der Waals surface area contributed by atoms with Crippen LogP contribution in [0, 0.1) is 0 Å². The topological polar surface area (TPSA) is 77.2 Å². The number of rotatable bonds is 6. The number of ether oxygens (including phenoxy) is 1. The summed E-state index contributed by atoms with van der Waals surface area (Å²) in [5.41, 5.74) is 1.82. The minimum Gasteiger partial charge on any atom is -0.494 e. The van der Waals surface area contributed by atoms with E-state index in [1.165, 1.54) is 11.3 Å². The molecule has 6 nitrogen and oxygen atoms in total. The van der Waals surface area contributed by atoms with Gasteiger partial charge in [-0.15, -0.1) is 0 Å². The molecule has 146 valence electrons. The lowest BCUT2D eigenvalue weighted by Crippen LogP contribution is -2.28. The number of nitrogens with zero attached hydrogens (tertiary/aromatic N) is 2. The van der Waals surface area contributed by atoms with Gasteiger partial charge in [0.1, 0.15) is 5.75 Å². The fraction of sp³-hybridized carbons (Fsp3) is 0.227. The van der Waals surface area contributed by atoms with Crippen LogP contribution in [0.15, 0.2) is 59.1 Å². The minimum atomic E-state index is -0.634. The van der Waals surface area contributed by atoms with Gasteiger partial charge in [-0.3, -0.25) is 4.79 Å². The van der Waals surface area contributed by atoms with Crippen LogP contribution in [0.25, 0.3) is 21.5 Å². The number of hydrogen-bond donors (Lipinski definition) is 1. The zero-order valence-electron chi connectivity index (χ0n) is 15.8. The Kier molecular flexibility index (Phi) is 4.32. The molecule has 0 atom stereocenters. The molecule has 7 heteroatoms. The highest BCUT2D eigenvalue weighted by Crippen LogP contribution is 2.49. The molecule has 1 aliphatic carbocycles. The van der Waals surface area contributed by atoms with Crippen molar-refractivity contribution < 1.29 is 14.1 Å². The summed E-state index contributed by atoms with van der Waals surface area (Å²) in [6.45, 7) is 2.56. The Morgan fingerprint density at radius 1 is 1.21 bits per heavy atom. The maximum absolute atomic E-state index is 13.0. The predicted molar refractivity (Wildman–Crippen MR) is 112 cm³/mol. The summed E-state index contributed by atoms with van der Waals surface area (Å²) in [6, 6.07) is 17.4. The van der Waals surface area contributed by atoms with Crippen LogP contribution in [0.5, 0.6) is 5.75 Å². The zero-order valence-corrected chi connectivity index (χ0v) is 16.7. The molecule has 1 aliphatic rings. The van der Waals surface area contributed by atoms with Gasteiger partial charge in [-0.1, -0.05) is 46.8 Å². The number of carbonyl (C=O) groups is 1. The van der Waals surface area contributed by atoms with E-state index in [-0.39, 0.29) is 5.91 Å². The van der Waals surface area contributed by atoms with Gasteiger partial charge in [-0.2, -0.15) is 0 Å². The summed E-state index contributed by atoms with van der Waals surface area (Å²) in [4.78, 5) is 17.6. The quantitative estimate of drug-likeness (QED) is 0.487. The van der Waals surface area contributed by atoms with Crippen LogP contribution < -0.4 is 10.1 Å². The predicted octanol–water partition coefficient (Wildman–Crippen LogP) is 5.02. The van der Waals surface area contributed by atoms with E-state index < -0.39 is 5.41 Å². The molecule has 0 bridgehead atoms. The molecule has 1 N–H and O–H groups in total. The summed E-state index contributed by atoms with van der Waals surface area (Å²) >= 11 is 1.44. The Morgan fingerprint density at radius 2 is 2.03 bits per heavy atom. The van der Waals surface area contributed by atoms with Gasteiger partial charge >= 0.3 is 0 Å². The van der Waals surface area contributed by atoms with E-state index in [4.69, 9.17) is 9.26 Å². The van der Waals surface area contributed by atoms with Crippen molar-refractivity contribution in [2.45, 2.75) is 25.2 Å². The molecule has 29 heavy (non-hydrogen) atoms. The molecule has 2 aromatic heterocycles. The van der Waals surface area contributed by atoms with Crippen molar-refractivity contribution in [3.05, 3.63) is 60.3 Å². The van der Waals surface area contributed by atoms with E-state index in [1.54, 1.807) is 0 Å². The van der Waals surface area contributed by atoms with Gasteiger partial charge in [0.05, 0.1) is 27.9 Å². The number of benzene rings is 2. The first kappa shape index (κ1) is 17.9. The number of fused-ring (bicyclic) bond motifs is 1. The Bertz CT molecular complexity index is 1180. The van der Waals surface area contributed by atoms with E-state index in [0.717, 1.165) is 34.4 Å². The second kappa shape index (κ2) is 7.00. The zero-order chi connectivity index (χ0) is 19.8. The highest BCUT2D eigenvalue weighted by Gasteiger charge is 2.54. The Hall–Kier alpha value is -3.19. The lowest BCUT2D eigenvalue weighted by molar-refractivity contribution is -0.118. The lowest BCUT2D eigenvalue weighted by atomic mass is 10.0. The molecule has 5 rings (SSSR count). The Balaban J connectivity index is 1.37. The van der Waals surface area contributed by atoms with Crippen LogP contribution in [0.2, 0.25) is 0 Å². The smallest absolute Gasteiger partial charge is 0.238 e. The molecule has 0 spiro atoms. The van der Waals surface area contributed by atoms with E-state index in [1.807, 2.05) is 61.5 Å². The highest BCUT2D eigenvalue weighted by atomic mass is 32.1. The first-order valence-electron chi connectivity index (χ1n) is 9.55. The second-order valence-electron chi connectivity index (χ2n) is 7.06. The lowest BCUT2D eigenvalue weighted by Gasteiger charge is -2.10. The van der Waals surface area contributed by atoms with Crippen molar-refractivity contribution in [1.82, 2.24) is 10.1 Å². The summed E-state index contributed by atoms with van der Waals surface area (Å²) in [5, 5.41) is 7.75. The average molecular weight is 405 g/mol.